The van der Waals surface area contributed by atoms with E-state index in [0.717, 1.165) is 10.6 Å². The summed E-state index contributed by atoms with van der Waals surface area (Å²) >= 11 is 6.47. The molecule has 0 unspecified atom stereocenters. The van der Waals surface area contributed by atoms with Crippen molar-refractivity contribution in [3.63, 3.8) is 0 Å². The molecule has 0 bridgehead atoms. The van der Waals surface area contributed by atoms with Gasteiger partial charge in [0.15, 0.2) is 23.0 Å². The van der Waals surface area contributed by atoms with Crippen molar-refractivity contribution in [1.29, 1.82) is 0 Å². The van der Waals surface area contributed by atoms with Crippen molar-refractivity contribution in [2.75, 3.05) is 20.3 Å². The smallest absolute Gasteiger partial charge is 0.354 e. The summed E-state index contributed by atoms with van der Waals surface area (Å²) < 4.78 is 40.2. The summed E-state index contributed by atoms with van der Waals surface area (Å²) in [5.41, 5.74) is 0.0756. The molecule has 9 nitrogen and oxygen atoms in total. The molecule has 0 aliphatic heterocycles. The predicted molar refractivity (Wildman–Crippen MR) is 127 cm³/mol. The predicted octanol–water partition coefficient (Wildman–Crippen LogP) is 3.51. The number of aromatic amines is 1. The van der Waals surface area contributed by atoms with E-state index < -0.39 is 23.3 Å². The van der Waals surface area contributed by atoms with Crippen LogP contribution in [0.15, 0.2) is 41.2 Å². The number of methoxy groups -OCH3 is 1. The molecule has 0 amide bonds. The molecule has 2 aromatic carbocycles. The first kappa shape index (κ1) is 25.1. The number of hydrogen-bond acceptors (Lipinski definition) is 6. The van der Waals surface area contributed by atoms with Gasteiger partial charge in [-0.05, 0) is 48.7 Å². The monoisotopic (exact) mass is 519 g/mol. The Kier molecular flexibility index (Phi) is 7.22. The number of fused-ring (bicyclic) bond motifs is 1. The van der Waals surface area contributed by atoms with E-state index in [1.165, 1.54) is 37.4 Å². The first-order chi connectivity index (χ1) is 17.2. The summed E-state index contributed by atoms with van der Waals surface area (Å²) in [4.78, 5) is 30.8. The molecular formula is C24H20ClF2N3O6. The number of benzene rings is 2. The zero-order valence-electron chi connectivity index (χ0n) is 18.8. The highest BCUT2D eigenvalue weighted by Gasteiger charge is 2.20. The number of aromatic carboxylic acids is 1. The largest absolute Gasteiger partial charge is 0.496 e. The molecule has 0 aliphatic rings. The Balaban J connectivity index is 1.83. The number of carboxylic acid groups (broad SMARTS) is 1. The normalized spacial score (nSPS) is 11.1. The highest BCUT2D eigenvalue weighted by molar-refractivity contribution is 6.32. The van der Waals surface area contributed by atoms with Crippen molar-refractivity contribution in [3.05, 3.63) is 80.4 Å². The van der Waals surface area contributed by atoms with Gasteiger partial charge in [0.05, 0.1) is 29.9 Å². The molecule has 0 saturated heterocycles. The standard InChI is InChI=1S/C24H20ClF2N3O6/c1-35-19-7-4-15(26)21(27)13(19)3-2-12-10-18(14(25)11-20(12)36-9-8-31)30-22-16(29-24(30)34)5-6-17(28-22)23(32)33/h4-7,10-11,31H,2-3,8-9H2,1H3,(H,29,34)(H,32,33). The van der Waals surface area contributed by atoms with E-state index in [0.29, 0.717) is 5.56 Å². The molecule has 0 spiro atoms. The van der Waals surface area contributed by atoms with Crippen LogP contribution < -0.4 is 15.2 Å². The van der Waals surface area contributed by atoms with Gasteiger partial charge in [-0.1, -0.05) is 11.6 Å². The second kappa shape index (κ2) is 10.3. The van der Waals surface area contributed by atoms with E-state index in [9.17, 15) is 28.6 Å². The number of halogens is 3. The topological polar surface area (TPSA) is 127 Å². The summed E-state index contributed by atoms with van der Waals surface area (Å²) in [5, 5.41) is 18.6. The van der Waals surface area contributed by atoms with Crippen LogP contribution in [0, 0.1) is 11.6 Å². The highest BCUT2D eigenvalue weighted by Crippen LogP contribution is 2.33. The van der Waals surface area contributed by atoms with Gasteiger partial charge in [0.1, 0.15) is 18.1 Å². The number of hydrogen-bond donors (Lipinski definition) is 3. The van der Waals surface area contributed by atoms with Crippen LogP contribution in [0.1, 0.15) is 21.6 Å². The molecule has 0 radical (unpaired) electrons. The molecule has 12 heteroatoms. The lowest BCUT2D eigenvalue weighted by atomic mass is 10.0. The molecule has 4 aromatic rings. The van der Waals surface area contributed by atoms with Crippen LogP contribution in [-0.2, 0) is 12.8 Å². The Bertz CT molecular complexity index is 1520. The molecule has 0 saturated carbocycles. The van der Waals surface area contributed by atoms with Crippen LogP contribution in [0.4, 0.5) is 8.78 Å². The Morgan fingerprint density at radius 3 is 2.64 bits per heavy atom. The lowest BCUT2D eigenvalue weighted by Gasteiger charge is -2.16. The molecule has 0 aliphatic carbocycles. The fourth-order valence-electron chi connectivity index (χ4n) is 3.83. The zero-order chi connectivity index (χ0) is 26.0. The van der Waals surface area contributed by atoms with Crippen molar-refractivity contribution in [1.82, 2.24) is 14.5 Å². The number of rotatable bonds is 9. The van der Waals surface area contributed by atoms with Crippen molar-refractivity contribution in [2.24, 2.45) is 0 Å². The van der Waals surface area contributed by atoms with E-state index in [-0.39, 0.29) is 70.7 Å². The maximum atomic E-state index is 14.5. The van der Waals surface area contributed by atoms with Crippen LogP contribution in [0.5, 0.6) is 11.5 Å². The van der Waals surface area contributed by atoms with Gasteiger partial charge in [0.2, 0.25) is 0 Å². The number of carbonyl (C=O) groups is 1. The summed E-state index contributed by atoms with van der Waals surface area (Å²) in [5.74, 6) is -2.91. The van der Waals surface area contributed by atoms with E-state index in [1.807, 2.05) is 0 Å². The molecule has 36 heavy (non-hydrogen) atoms. The Labute approximate surface area is 207 Å². The van der Waals surface area contributed by atoms with Crippen LogP contribution in [0.2, 0.25) is 5.02 Å². The third-order valence-corrected chi connectivity index (χ3v) is 5.79. The van der Waals surface area contributed by atoms with Crippen LogP contribution in [-0.4, -0.2) is 51.0 Å². The average Bonchev–Trinajstić information content (AvgIpc) is 3.18. The summed E-state index contributed by atoms with van der Waals surface area (Å²) in [7, 11) is 1.34. The quantitative estimate of drug-likeness (QED) is 0.309. The van der Waals surface area contributed by atoms with Gasteiger partial charge in [-0.15, -0.1) is 0 Å². The lowest BCUT2D eigenvalue weighted by molar-refractivity contribution is 0.0691. The fraction of sp³-hybridized carbons (Fsp3) is 0.208. The van der Waals surface area contributed by atoms with Gasteiger partial charge in [0.25, 0.3) is 0 Å². The minimum Gasteiger partial charge on any atom is -0.496 e. The number of aryl methyl sites for hydroxylation is 1. The summed E-state index contributed by atoms with van der Waals surface area (Å²) in [6.07, 6.45) is 0.125. The molecule has 4 rings (SSSR count). The first-order valence-electron chi connectivity index (χ1n) is 10.7. The fourth-order valence-corrected chi connectivity index (χ4v) is 4.07. The van der Waals surface area contributed by atoms with Crippen molar-refractivity contribution in [3.8, 4) is 17.2 Å². The second-order valence-corrected chi connectivity index (χ2v) is 8.07. The minimum atomic E-state index is -1.28. The summed E-state index contributed by atoms with van der Waals surface area (Å²) in [6.45, 7) is -0.341. The number of ether oxygens (including phenoxy) is 2. The van der Waals surface area contributed by atoms with Crippen molar-refractivity contribution >= 4 is 28.7 Å². The van der Waals surface area contributed by atoms with E-state index in [2.05, 4.69) is 9.97 Å². The number of nitrogens with one attached hydrogen (secondary N) is 1. The molecule has 2 aromatic heterocycles. The first-order valence-corrected chi connectivity index (χ1v) is 11.0. The van der Waals surface area contributed by atoms with E-state index in [1.54, 1.807) is 0 Å². The number of pyridine rings is 1. The van der Waals surface area contributed by atoms with Gasteiger partial charge < -0.3 is 24.7 Å². The highest BCUT2D eigenvalue weighted by atomic mass is 35.5. The number of aromatic nitrogens is 3. The zero-order valence-corrected chi connectivity index (χ0v) is 19.6. The molecule has 0 atom stereocenters. The van der Waals surface area contributed by atoms with Gasteiger partial charge in [-0.2, -0.15) is 0 Å². The van der Waals surface area contributed by atoms with Crippen LogP contribution in [0.25, 0.3) is 16.9 Å². The number of aliphatic hydroxyl groups is 1. The average molecular weight is 520 g/mol. The maximum Gasteiger partial charge on any atom is 0.354 e. The van der Waals surface area contributed by atoms with E-state index in [4.69, 9.17) is 21.1 Å². The summed E-state index contributed by atoms with van der Waals surface area (Å²) in [6, 6.07) is 7.90. The maximum absolute atomic E-state index is 14.5. The molecule has 3 N–H and O–H groups in total. The Morgan fingerprint density at radius 2 is 1.94 bits per heavy atom. The SMILES string of the molecule is COc1ccc(F)c(F)c1CCc1cc(-n2c(=O)[nH]c3ccc(C(=O)O)nc32)c(Cl)cc1OCCO. The number of imidazole rings is 1. The molecule has 188 valence electrons. The third kappa shape index (κ3) is 4.75. The Morgan fingerprint density at radius 1 is 1.17 bits per heavy atom. The number of carboxylic acids is 1. The number of nitrogens with zero attached hydrogens (tertiary/aromatic N) is 2. The second-order valence-electron chi connectivity index (χ2n) is 7.66. The van der Waals surface area contributed by atoms with Crippen molar-refractivity contribution < 1.29 is 33.3 Å². The third-order valence-electron chi connectivity index (χ3n) is 5.49. The molecule has 0 fully saturated rings. The molecule has 2 heterocycles. The minimum absolute atomic E-state index is 0.00746. The van der Waals surface area contributed by atoms with Gasteiger partial charge in [-0.25, -0.2) is 27.9 Å². The van der Waals surface area contributed by atoms with Gasteiger partial charge >= 0.3 is 11.7 Å². The van der Waals surface area contributed by atoms with Gasteiger partial charge in [-0.3, -0.25) is 0 Å². The van der Waals surface area contributed by atoms with E-state index >= 15 is 0 Å². The molecular weight excluding hydrogens is 500 g/mol. The van der Waals surface area contributed by atoms with Crippen molar-refractivity contribution in [2.45, 2.75) is 12.8 Å². The lowest BCUT2D eigenvalue weighted by Crippen LogP contribution is -2.16. The number of H-pyrrole nitrogens is 1. The van der Waals surface area contributed by atoms with Crippen LogP contribution >= 0.6 is 11.6 Å². The Hall–Kier alpha value is -3.96. The number of aliphatic hydroxyl groups excluding tert-OH is 1. The van der Waals surface area contributed by atoms with Gasteiger partial charge in [0, 0.05) is 11.6 Å². The van der Waals surface area contributed by atoms with Crippen LogP contribution in [0.3, 0.4) is 0 Å².